The molecule has 4 heteroatoms. The van der Waals surface area contributed by atoms with Gasteiger partial charge in [-0.1, -0.05) is 204 Å². The second-order valence-corrected chi connectivity index (χ2v) is 14.8. The first-order valence-corrected chi connectivity index (χ1v) is 21.9. The Morgan fingerprint density at radius 1 is 0.480 bits per heavy atom. The lowest BCUT2D eigenvalue weighted by Gasteiger charge is -2.20. The van der Waals surface area contributed by atoms with E-state index >= 15 is 0 Å². The van der Waals surface area contributed by atoms with Crippen LogP contribution in [0.25, 0.3) is 0 Å². The highest BCUT2D eigenvalue weighted by atomic mass is 16.3. The lowest BCUT2D eigenvalue weighted by molar-refractivity contribution is -0.123. The molecule has 0 aromatic rings. The zero-order chi connectivity index (χ0) is 36.4. The zero-order valence-corrected chi connectivity index (χ0v) is 33.4. The van der Waals surface area contributed by atoms with Gasteiger partial charge >= 0.3 is 0 Å². The summed E-state index contributed by atoms with van der Waals surface area (Å²) in [5, 5.41) is 22.8. The summed E-state index contributed by atoms with van der Waals surface area (Å²) < 4.78 is 0. The Labute approximate surface area is 312 Å². The average molecular weight is 700 g/mol. The van der Waals surface area contributed by atoms with Crippen LogP contribution in [-0.4, -0.2) is 34.9 Å². The third-order valence-corrected chi connectivity index (χ3v) is 9.81. The number of carbonyl (C=O) groups excluding carboxylic acids is 1. The molecule has 0 fully saturated rings. The minimum absolute atomic E-state index is 0.0691. The SMILES string of the molecule is CCCCCCC/C=C\C/C=C\C/C=C\CCCCCCCCCCCCCCCCCCC(=O)NC(CO)C(O)/C=C/CCCCCCC. The van der Waals surface area contributed by atoms with E-state index in [1.165, 1.54) is 161 Å². The number of unbranched alkanes of at least 4 members (excludes halogenated alkanes) is 26. The van der Waals surface area contributed by atoms with E-state index in [9.17, 15) is 15.0 Å². The van der Waals surface area contributed by atoms with Gasteiger partial charge in [0.1, 0.15) is 0 Å². The number of carbonyl (C=O) groups is 1. The third-order valence-electron chi connectivity index (χ3n) is 9.81. The van der Waals surface area contributed by atoms with Crippen molar-refractivity contribution in [3.8, 4) is 0 Å². The van der Waals surface area contributed by atoms with E-state index in [1.54, 1.807) is 6.08 Å². The van der Waals surface area contributed by atoms with Gasteiger partial charge in [-0.05, 0) is 57.8 Å². The van der Waals surface area contributed by atoms with Crippen LogP contribution in [0.4, 0.5) is 0 Å². The smallest absolute Gasteiger partial charge is 0.220 e. The van der Waals surface area contributed by atoms with Gasteiger partial charge in [-0.15, -0.1) is 0 Å². The van der Waals surface area contributed by atoms with E-state index in [0.717, 1.165) is 38.5 Å². The number of hydrogen-bond acceptors (Lipinski definition) is 3. The van der Waals surface area contributed by atoms with Gasteiger partial charge in [0, 0.05) is 6.42 Å². The Morgan fingerprint density at radius 2 is 0.820 bits per heavy atom. The standard InChI is InChI=1S/C46H85NO3/c1-3-5-7-9-11-12-13-14-15-16-17-18-19-20-21-22-23-24-25-26-27-28-29-30-31-32-33-34-36-38-40-42-46(50)47-44(43-48)45(49)41-39-37-35-10-8-6-4-2/h13-14,16-17,19-20,39,41,44-45,48-49H,3-12,15,18,21-38,40,42-43H2,1-2H3,(H,47,50)/b14-13-,17-16-,20-19-,41-39+. The lowest BCUT2D eigenvalue weighted by atomic mass is 10.0. The van der Waals surface area contributed by atoms with Crippen molar-refractivity contribution in [2.45, 2.75) is 231 Å². The number of hydrogen-bond donors (Lipinski definition) is 3. The highest BCUT2D eigenvalue weighted by molar-refractivity contribution is 5.76. The van der Waals surface area contributed by atoms with E-state index in [4.69, 9.17) is 0 Å². The van der Waals surface area contributed by atoms with Gasteiger partial charge in [-0.25, -0.2) is 0 Å². The van der Waals surface area contributed by atoms with Crippen molar-refractivity contribution in [3.63, 3.8) is 0 Å². The minimum atomic E-state index is -0.835. The molecule has 1 amide bonds. The fourth-order valence-electron chi connectivity index (χ4n) is 6.42. The number of aliphatic hydroxyl groups excluding tert-OH is 2. The first-order valence-electron chi connectivity index (χ1n) is 21.9. The summed E-state index contributed by atoms with van der Waals surface area (Å²) in [6, 6.07) is -0.618. The molecule has 50 heavy (non-hydrogen) atoms. The van der Waals surface area contributed by atoms with E-state index in [-0.39, 0.29) is 12.5 Å². The quantitative estimate of drug-likeness (QED) is 0.0442. The van der Waals surface area contributed by atoms with Gasteiger partial charge < -0.3 is 15.5 Å². The molecule has 2 atom stereocenters. The van der Waals surface area contributed by atoms with Gasteiger partial charge in [0.05, 0.1) is 18.8 Å². The summed E-state index contributed by atoms with van der Waals surface area (Å²) in [7, 11) is 0. The van der Waals surface area contributed by atoms with E-state index < -0.39 is 12.1 Å². The molecule has 292 valence electrons. The summed E-state index contributed by atoms with van der Waals surface area (Å²) in [4.78, 5) is 12.3. The van der Waals surface area contributed by atoms with Crippen molar-refractivity contribution in [2.24, 2.45) is 0 Å². The molecule has 0 spiro atoms. The van der Waals surface area contributed by atoms with Crippen LogP contribution in [-0.2, 0) is 4.79 Å². The number of aliphatic hydroxyl groups is 2. The zero-order valence-electron chi connectivity index (χ0n) is 33.4. The molecule has 3 N–H and O–H groups in total. The molecule has 0 saturated heterocycles. The normalized spacial score (nSPS) is 13.4. The molecule has 0 aromatic heterocycles. The molecule has 0 aliphatic carbocycles. The number of nitrogens with one attached hydrogen (secondary N) is 1. The van der Waals surface area contributed by atoms with Crippen LogP contribution >= 0.6 is 0 Å². The Bertz CT molecular complexity index is 801. The molecule has 0 aromatic carbocycles. The second-order valence-electron chi connectivity index (χ2n) is 14.8. The predicted octanol–water partition coefficient (Wildman–Crippen LogP) is 13.6. The molecule has 0 aliphatic heterocycles. The van der Waals surface area contributed by atoms with Gasteiger partial charge in [0.15, 0.2) is 0 Å². The van der Waals surface area contributed by atoms with Crippen LogP contribution in [0.1, 0.15) is 219 Å². The van der Waals surface area contributed by atoms with Crippen molar-refractivity contribution in [1.82, 2.24) is 5.32 Å². The average Bonchev–Trinajstić information content (AvgIpc) is 3.12. The third kappa shape index (κ3) is 37.6. The predicted molar refractivity (Wildman–Crippen MR) is 221 cm³/mol. The molecule has 2 unspecified atom stereocenters. The molecule has 0 heterocycles. The second kappa shape index (κ2) is 41.8. The fraction of sp³-hybridized carbons (Fsp3) is 0.804. The van der Waals surface area contributed by atoms with Gasteiger partial charge in [0.2, 0.25) is 5.91 Å². The number of allylic oxidation sites excluding steroid dienone is 7. The molecule has 4 nitrogen and oxygen atoms in total. The Balaban J connectivity index is 3.44. The summed E-state index contributed by atoms with van der Waals surface area (Å²) >= 11 is 0. The van der Waals surface area contributed by atoms with Crippen LogP contribution in [0.2, 0.25) is 0 Å². The Hall–Kier alpha value is -1.65. The van der Waals surface area contributed by atoms with Crippen LogP contribution in [0.15, 0.2) is 48.6 Å². The monoisotopic (exact) mass is 700 g/mol. The Kier molecular flexibility index (Phi) is 40.4. The van der Waals surface area contributed by atoms with Crippen molar-refractivity contribution < 1.29 is 15.0 Å². The van der Waals surface area contributed by atoms with Crippen LogP contribution < -0.4 is 5.32 Å². The van der Waals surface area contributed by atoms with Crippen molar-refractivity contribution in [2.75, 3.05) is 6.61 Å². The van der Waals surface area contributed by atoms with E-state index in [2.05, 4.69) is 55.6 Å². The molecule has 0 rings (SSSR count). The summed E-state index contributed by atoms with van der Waals surface area (Å²) in [6.07, 6.45) is 56.7. The van der Waals surface area contributed by atoms with Crippen molar-refractivity contribution in [3.05, 3.63) is 48.6 Å². The first kappa shape index (κ1) is 48.3. The van der Waals surface area contributed by atoms with Crippen LogP contribution in [0.3, 0.4) is 0 Å². The van der Waals surface area contributed by atoms with Crippen molar-refractivity contribution >= 4 is 5.91 Å². The number of amides is 1. The maximum atomic E-state index is 12.3. The molecule has 0 radical (unpaired) electrons. The number of rotatable bonds is 39. The molecular formula is C46H85NO3. The lowest BCUT2D eigenvalue weighted by Crippen LogP contribution is -2.45. The summed E-state index contributed by atoms with van der Waals surface area (Å²) in [5.41, 5.74) is 0. The first-order chi connectivity index (χ1) is 24.7. The maximum absolute atomic E-state index is 12.3. The topological polar surface area (TPSA) is 69.6 Å². The molecule has 0 bridgehead atoms. The Morgan fingerprint density at radius 3 is 1.22 bits per heavy atom. The molecule has 0 saturated carbocycles. The van der Waals surface area contributed by atoms with Gasteiger partial charge in [-0.2, -0.15) is 0 Å². The van der Waals surface area contributed by atoms with Crippen LogP contribution in [0, 0.1) is 0 Å². The molecular weight excluding hydrogens is 615 g/mol. The van der Waals surface area contributed by atoms with Crippen molar-refractivity contribution in [1.29, 1.82) is 0 Å². The van der Waals surface area contributed by atoms with E-state index in [0.29, 0.717) is 6.42 Å². The van der Waals surface area contributed by atoms with Gasteiger partial charge in [0.25, 0.3) is 0 Å². The summed E-state index contributed by atoms with van der Waals surface area (Å²) in [5.74, 6) is -0.0691. The molecule has 0 aliphatic rings. The largest absolute Gasteiger partial charge is 0.394 e. The van der Waals surface area contributed by atoms with E-state index in [1.807, 2.05) is 6.08 Å². The minimum Gasteiger partial charge on any atom is -0.394 e. The highest BCUT2D eigenvalue weighted by Gasteiger charge is 2.17. The highest BCUT2D eigenvalue weighted by Crippen LogP contribution is 2.15. The van der Waals surface area contributed by atoms with Crippen LogP contribution in [0.5, 0.6) is 0 Å². The maximum Gasteiger partial charge on any atom is 0.220 e. The fourth-order valence-corrected chi connectivity index (χ4v) is 6.42. The van der Waals surface area contributed by atoms with Gasteiger partial charge in [-0.3, -0.25) is 4.79 Å². The summed E-state index contributed by atoms with van der Waals surface area (Å²) in [6.45, 7) is 4.24.